The van der Waals surface area contributed by atoms with Gasteiger partial charge < -0.3 is 25.6 Å². The number of nitrogens with one attached hydrogen (secondary N) is 1. The van der Waals surface area contributed by atoms with Crippen molar-refractivity contribution in [3.05, 3.63) is 101 Å². The zero-order chi connectivity index (χ0) is 34.2. The van der Waals surface area contributed by atoms with Crippen LogP contribution in [0.25, 0.3) is 0 Å². The van der Waals surface area contributed by atoms with Crippen molar-refractivity contribution >= 4 is 17.7 Å². The van der Waals surface area contributed by atoms with E-state index in [4.69, 9.17) is 10.5 Å². The van der Waals surface area contributed by atoms with E-state index in [1.54, 1.807) is 12.1 Å². The molecule has 0 radical (unpaired) electrons. The van der Waals surface area contributed by atoms with Gasteiger partial charge in [0.15, 0.2) is 11.6 Å². The first-order valence-corrected chi connectivity index (χ1v) is 16.1. The highest BCUT2D eigenvalue weighted by molar-refractivity contribution is 5.91. The monoisotopic (exact) mass is 661 g/mol. The average Bonchev–Trinajstić information content (AvgIpc) is 3.77. The Labute approximate surface area is 277 Å². The van der Waals surface area contributed by atoms with Gasteiger partial charge in [-0.2, -0.15) is 5.26 Å². The van der Waals surface area contributed by atoms with Gasteiger partial charge in [0, 0.05) is 31.6 Å². The van der Waals surface area contributed by atoms with Gasteiger partial charge >= 0.3 is 0 Å². The Bertz CT molecular complexity index is 1650. The van der Waals surface area contributed by atoms with E-state index in [0.717, 1.165) is 11.1 Å². The van der Waals surface area contributed by atoms with E-state index in [1.165, 1.54) is 9.80 Å². The van der Waals surface area contributed by atoms with Crippen molar-refractivity contribution in [1.29, 1.82) is 5.26 Å². The van der Waals surface area contributed by atoms with Gasteiger partial charge in [-0.15, -0.1) is 0 Å². The summed E-state index contributed by atoms with van der Waals surface area (Å²) in [7, 11) is 0. The minimum atomic E-state index is -1.36. The van der Waals surface area contributed by atoms with Crippen LogP contribution in [0, 0.1) is 28.8 Å². The van der Waals surface area contributed by atoms with Crippen LogP contribution < -0.4 is 15.8 Å². The normalized spacial score (nSPS) is 18.6. The number of hydrogen-bond donors (Lipinski definition) is 2. The maximum absolute atomic E-state index is 14.6. The van der Waals surface area contributed by atoms with Crippen LogP contribution in [0.1, 0.15) is 48.8 Å². The van der Waals surface area contributed by atoms with E-state index >= 15 is 0 Å². The summed E-state index contributed by atoms with van der Waals surface area (Å²) < 4.78 is 48.1. The Morgan fingerprint density at radius 3 is 2.31 bits per heavy atom. The van der Waals surface area contributed by atoms with Crippen molar-refractivity contribution in [3.8, 4) is 11.8 Å². The van der Waals surface area contributed by atoms with Crippen molar-refractivity contribution in [2.45, 2.75) is 75.7 Å². The Morgan fingerprint density at radius 2 is 1.58 bits per heavy atom. The molecule has 3 aromatic carbocycles. The third kappa shape index (κ3) is 8.52. The topological polar surface area (TPSA) is 129 Å². The molecule has 3 N–H and O–H groups in total. The molecule has 2 aliphatic rings. The molecule has 0 saturated carbocycles. The predicted octanol–water partition coefficient (Wildman–Crippen LogP) is 4.18. The highest BCUT2D eigenvalue weighted by Crippen LogP contribution is 2.23. The van der Waals surface area contributed by atoms with Gasteiger partial charge in [0.25, 0.3) is 0 Å². The zero-order valence-corrected chi connectivity index (χ0v) is 26.4. The molecule has 0 aromatic heterocycles. The van der Waals surface area contributed by atoms with Crippen LogP contribution in [-0.4, -0.2) is 64.8 Å². The predicted molar refractivity (Wildman–Crippen MR) is 171 cm³/mol. The second-order valence-corrected chi connectivity index (χ2v) is 12.3. The fourth-order valence-electron chi connectivity index (χ4n) is 6.30. The minimum Gasteiger partial charge on any atom is -0.489 e. The molecule has 2 heterocycles. The van der Waals surface area contributed by atoms with Gasteiger partial charge in [-0.25, -0.2) is 13.2 Å². The lowest BCUT2D eigenvalue weighted by Crippen LogP contribution is -2.54. The number of nitrogens with two attached hydrogens (primary N) is 1. The first-order chi connectivity index (χ1) is 23.1. The average molecular weight is 662 g/mol. The highest BCUT2D eigenvalue weighted by Gasteiger charge is 2.38. The van der Waals surface area contributed by atoms with Gasteiger partial charge in [0.05, 0.1) is 12.1 Å². The van der Waals surface area contributed by atoms with Gasteiger partial charge in [-0.1, -0.05) is 42.5 Å². The molecular formula is C36H38F3N5O4. The van der Waals surface area contributed by atoms with Crippen molar-refractivity contribution in [2.75, 3.05) is 13.1 Å². The quantitative estimate of drug-likeness (QED) is 0.281. The van der Waals surface area contributed by atoms with Crippen molar-refractivity contribution in [1.82, 2.24) is 15.1 Å². The third-order valence-corrected chi connectivity index (χ3v) is 8.83. The number of likely N-dealkylation sites (tertiary alicyclic amines) is 2. The van der Waals surface area contributed by atoms with E-state index in [2.05, 4.69) is 11.4 Å². The Balaban J connectivity index is 1.22. The number of rotatable bonds is 12. The number of nitriles is 1. The molecule has 12 heteroatoms. The standard InChI is InChI=1S/C36H38F3N5O4/c37-29-20-31(39)30(38)18-25(29)17-26(19-34(45)43-14-4-8-27(43)21-40)42-35(46)33-9-5-15-44(33)36(47)32(41)16-23-10-12-28(13-11-23)48-22-24-6-2-1-3-7-24/h1-3,6-7,10-13,18,20,26-27,32-33H,4-5,8-9,14-17,19,22,41H2,(H,42,46). The summed E-state index contributed by atoms with van der Waals surface area (Å²) in [5, 5.41) is 12.2. The molecule has 5 rings (SSSR count). The van der Waals surface area contributed by atoms with E-state index in [9.17, 15) is 32.8 Å². The molecule has 2 saturated heterocycles. The number of amides is 3. The van der Waals surface area contributed by atoms with E-state index in [1.807, 2.05) is 42.5 Å². The second kappa shape index (κ2) is 15.8. The number of halogens is 3. The van der Waals surface area contributed by atoms with Gasteiger partial charge in [-0.05, 0) is 73.4 Å². The van der Waals surface area contributed by atoms with Gasteiger partial charge in [0.1, 0.15) is 30.3 Å². The lowest BCUT2D eigenvalue weighted by Gasteiger charge is -2.29. The van der Waals surface area contributed by atoms with Crippen LogP contribution in [0.15, 0.2) is 66.7 Å². The number of carbonyl (C=O) groups excluding carboxylic acids is 3. The molecule has 0 spiro atoms. The summed E-state index contributed by atoms with van der Waals surface area (Å²) in [4.78, 5) is 43.1. The number of ether oxygens (including phenoxy) is 1. The lowest BCUT2D eigenvalue weighted by atomic mass is 10.0. The fraction of sp³-hybridized carbons (Fsp3) is 0.389. The molecule has 3 amide bonds. The Kier molecular flexibility index (Phi) is 11.3. The van der Waals surface area contributed by atoms with Crippen molar-refractivity contribution in [2.24, 2.45) is 5.73 Å². The van der Waals surface area contributed by atoms with Gasteiger partial charge in [0.2, 0.25) is 17.7 Å². The van der Waals surface area contributed by atoms with Crippen LogP contribution in [0.4, 0.5) is 13.2 Å². The maximum atomic E-state index is 14.6. The largest absolute Gasteiger partial charge is 0.489 e. The fourth-order valence-corrected chi connectivity index (χ4v) is 6.30. The van der Waals surface area contributed by atoms with E-state index in [0.29, 0.717) is 63.3 Å². The molecule has 4 unspecified atom stereocenters. The number of carbonyl (C=O) groups is 3. The maximum Gasteiger partial charge on any atom is 0.243 e. The molecule has 0 bridgehead atoms. The number of hydrogen-bond acceptors (Lipinski definition) is 6. The first-order valence-electron chi connectivity index (χ1n) is 16.1. The Hall–Kier alpha value is -4.89. The van der Waals surface area contributed by atoms with Crippen molar-refractivity contribution < 1.29 is 32.3 Å². The molecule has 252 valence electrons. The summed E-state index contributed by atoms with van der Waals surface area (Å²) in [5.41, 5.74) is 7.96. The molecule has 2 fully saturated rings. The van der Waals surface area contributed by atoms with Gasteiger partial charge in [-0.3, -0.25) is 14.4 Å². The Morgan fingerprint density at radius 1 is 0.896 bits per heavy atom. The minimum absolute atomic E-state index is 0.219. The highest BCUT2D eigenvalue weighted by atomic mass is 19.2. The SMILES string of the molecule is N#CC1CCCN1C(=O)CC(Cc1cc(F)c(F)cc1F)NC(=O)C1CCCN1C(=O)C(N)Cc1ccc(OCc2ccccc2)cc1. The zero-order valence-electron chi connectivity index (χ0n) is 26.4. The van der Waals surface area contributed by atoms with E-state index in [-0.39, 0.29) is 24.8 Å². The molecule has 9 nitrogen and oxygen atoms in total. The molecule has 48 heavy (non-hydrogen) atoms. The molecule has 0 aliphatic carbocycles. The van der Waals surface area contributed by atoms with Crippen LogP contribution in [0.5, 0.6) is 5.75 Å². The molecule has 2 aliphatic heterocycles. The summed E-state index contributed by atoms with van der Waals surface area (Å²) in [6.07, 6.45) is 1.67. The van der Waals surface area contributed by atoms with Crippen LogP contribution in [-0.2, 0) is 33.8 Å². The van der Waals surface area contributed by atoms with E-state index < -0.39 is 59.3 Å². The molecular weight excluding hydrogens is 623 g/mol. The summed E-state index contributed by atoms with van der Waals surface area (Å²) in [6.45, 7) is 1.08. The lowest BCUT2D eigenvalue weighted by molar-refractivity contribution is -0.140. The summed E-state index contributed by atoms with van der Waals surface area (Å²) >= 11 is 0. The number of benzene rings is 3. The van der Waals surface area contributed by atoms with Crippen molar-refractivity contribution in [3.63, 3.8) is 0 Å². The summed E-state index contributed by atoms with van der Waals surface area (Å²) in [6, 6.07) is 16.8. The second-order valence-electron chi connectivity index (χ2n) is 12.3. The molecule has 3 aromatic rings. The van der Waals surface area contributed by atoms with Crippen LogP contribution >= 0.6 is 0 Å². The summed E-state index contributed by atoms with van der Waals surface area (Å²) in [5.74, 6) is -4.37. The smallest absolute Gasteiger partial charge is 0.243 e. The van der Waals surface area contributed by atoms with Crippen LogP contribution in [0.2, 0.25) is 0 Å². The number of nitrogens with zero attached hydrogens (tertiary/aromatic N) is 3. The molecule has 4 atom stereocenters. The van der Waals surface area contributed by atoms with Crippen LogP contribution in [0.3, 0.4) is 0 Å². The third-order valence-electron chi connectivity index (χ3n) is 8.83. The first kappa shape index (κ1) is 34.4.